The molecule has 0 aliphatic carbocycles. The predicted molar refractivity (Wildman–Crippen MR) is 71.1 cm³/mol. The molecule has 0 unspecified atom stereocenters. The first-order valence-electron chi connectivity index (χ1n) is 5.51. The van der Waals surface area contributed by atoms with E-state index in [1.807, 2.05) is 22.7 Å². The smallest absolute Gasteiger partial charge is 0.141 e. The van der Waals surface area contributed by atoms with E-state index in [2.05, 4.69) is 30.2 Å². The average molecular weight is 243 g/mol. The third kappa shape index (κ3) is 1.75. The molecule has 0 aliphatic rings. The summed E-state index contributed by atoms with van der Waals surface area (Å²) < 4.78 is 2.03. The molecule has 0 radical (unpaired) electrons. The SMILES string of the molecule is Cc1ccc(-c2cn3cccc(CN)c3n2)s1. The molecular weight excluding hydrogens is 230 g/mol. The molecule has 0 aromatic carbocycles. The van der Waals surface area contributed by atoms with Gasteiger partial charge in [0, 0.05) is 29.4 Å². The van der Waals surface area contributed by atoms with Gasteiger partial charge in [0.1, 0.15) is 5.65 Å². The number of hydrogen-bond donors (Lipinski definition) is 1. The van der Waals surface area contributed by atoms with Gasteiger partial charge in [0.2, 0.25) is 0 Å². The molecule has 0 fully saturated rings. The highest BCUT2D eigenvalue weighted by molar-refractivity contribution is 7.15. The molecule has 4 heteroatoms. The van der Waals surface area contributed by atoms with Crippen LogP contribution in [-0.4, -0.2) is 9.38 Å². The molecule has 3 aromatic rings. The normalized spacial score (nSPS) is 11.2. The van der Waals surface area contributed by atoms with Crippen molar-refractivity contribution in [2.75, 3.05) is 0 Å². The summed E-state index contributed by atoms with van der Waals surface area (Å²) >= 11 is 1.76. The maximum Gasteiger partial charge on any atom is 0.141 e. The molecule has 0 amide bonds. The number of imidazole rings is 1. The lowest BCUT2D eigenvalue weighted by atomic mass is 10.3. The van der Waals surface area contributed by atoms with Crippen LogP contribution in [0.15, 0.2) is 36.7 Å². The molecule has 3 nitrogen and oxygen atoms in total. The van der Waals surface area contributed by atoms with Crippen LogP contribution in [0.2, 0.25) is 0 Å². The van der Waals surface area contributed by atoms with Crippen LogP contribution in [0, 0.1) is 6.92 Å². The number of rotatable bonds is 2. The summed E-state index contributed by atoms with van der Waals surface area (Å²) in [6, 6.07) is 8.25. The highest BCUT2D eigenvalue weighted by Crippen LogP contribution is 2.27. The lowest BCUT2D eigenvalue weighted by molar-refractivity contribution is 1.04. The van der Waals surface area contributed by atoms with Crippen molar-refractivity contribution in [2.45, 2.75) is 13.5 Å². The number of nitrogens with two attached hydrogens (primary N) is 1. The fraction of sp³-hybridized carbons (Fsp3) is 0.154. The zero-order chi connectivity index (χ0) is 11.8. The summed E-state index contributed by atoms with van der Waals surface area (Å²) in [5.41, 5.74) is 8.77. The molecule has 86 valence electrons. The van der Waals surface area contributed by atoms with Crippen molar-refractivity contribution < 1.29 is 0 Å². The summed E-state index contributed by atoms with van der Waals surface area (Å²) in [4.78, 5) is 7.17. The number of aryl methyl sites for hydroxylation is 1. The Hall–Kier alpha value is -1.65. The Morgan fingerprint density at radius 3 is 2.94 bits per heavy atom. The molecule has 2 N–H and O–H groups in total. The molecule has 3 rings (SSSR count). The number of pyridine rings is 1. The third-order valence-corrected chi connectivity index (χ3v) is 3.80. The van der Waals surface area contributed by atoms with E-state index in [1.54, 1.807) is 11.3 Å². The van der Waals surface area contributed by atoms with E-state index in [4.69, 9.17) is 5.73 Å². The maximum atomic E-state index is 5.72. The van der Waals surface area contributed by atoms with E-state index in [1.165, 1.54) is 9.75 Å². The van der Waals surface area contributed by atoms with Gasteiger partial charge in [-0.2, -0.15) is 0 Å². The minimum atomic E-state index is 0.518. The molecule has 0 bridgehead atoms. The average Bonchev–Trinajstić information content (AvgIpc) is 2.93. The molecule has 3 heterocycles. The third-order valence-electron chi connectivity index (χ3n) is 2.78. The zero-order valence-electron chi connectivity index (χ0n) is 9.55. The Morgan fingerprint density at radius 2 is 2.24 bits per heavy atom. The van der Waals surface area contributed by atoms with E-state index in [9.17, 15) is 0 Å². The maximum absolute atomic E-state index is 5.72. The van der Waals surface area contributed by atoms with Crippen molar-refractivity contribution in [3.8, 4) is 10.6 Å². The van der Waals surface area contributed by atoms with E-state index < -0.39 is 0 Å². The van der Waals surface area contributed by atoms with Gasteiger partial charge in [-0.3, -0.25) is 0 Å². The minimum Gasteiger partial charge on any atom is -0.326 e. The van der Waals surface area contributed by atoms with E-state index in [-0.39, 0.29) is 0 Å². The molecule has 3 aromatic heterocycles. The minimum absolute atomic E-state index is 0.518. The molecule has 17 heavy (non-hydrogen) atoms. The largest absolute Gasteiger partial charge is 0.326 e. The molecule has 0 saturated heterocycles. The number of aromatic nitrogens is 2. The van der Waals surface area contributed by atoms with Crippen LogP contribution in [0.4, 0.5) is 0 Å². The van der Waals surface area contributed by atoms with Crippen molar-refractivity contribution in [3.05, 3.63) is 47.1 Å². The van der Waals surface area contributed by atoms with Gasteiger partial charge in [0.05, 0.1) is 10.6 Å². The van der Waals surface area contributed by atoms with Gasteiger partial charge < -0.3 is 10.1 Å². The molecule has 0 spiro atoms. The van der Waals surface area contributed by atoms with E-state index >= 15 is 0 Å². The van der Waals surface area contributed by atoms with Crippen molar-refractivity contribution in [1.82, 2.24) is 9.38 Å². The van der Waals surface area contributed by atoms with E-state index in [0.29, 0.717) is 6.54 Å². The van der Waals surface area contributed by atoms with E-state index in [0.717, 1.165) is 16.9 Å². The van der Waals surface area contributed by atoms with Gasteiger partial charge in [-0.15, -0.1) is 11.3 Å². The van der Waals surface area contributed by atoms with Gasteiger partial charge in [-0.1, -0.05) is 6.07 Å². The molecule has 0 atom stereocenters. The fourth-order valence-corrected chi connectivity index (χ4v) is 2.74. The van der Waals surface area contributed by atoms with Crippen LogP contribution in [-0.2, 0) is 6.54 Å². The highest BCUT2D eigenvalue weighted by atomic mass is 32.1. The van der Waals surface area contributed by atoms with Crippen LogP contribution in [0.25, 0.3) is 16.2 Å². The first-order valence-corrected chi connectivity index (χ1v) is 6.33. The summed E-state index contributed by atoms with van der Waals surface area (Å²) in [7, 11) is 0. The molecule has 0 aliphatic heterocycles. The standard InChI is InChI=1S/C13H13N3S/c1-9-4-5-12(17-9)11-8-16-6-2-3-10(7-14)13(16)15-11/h2-6,8H,7,14H2,1H3. The van der Waals surface area contributed by atoms with Crippen LogP contribution in [0.5, 0.6) is 0 Å². The van der Waals surface area contributed by atoms with Gasteiger partial charge >= 0.3 is 0 Å². The summed E-state index contributed by atoms with van der Waals surface area (Å²) in [6.07, 6.45) is 4.06. The summed E-state index contributed by atoms with van der Waals surface area (Å²) in [6.45, 7) is 2.62. The lowest BCUT2D eigenvalue weighted by Gasteiger charge is -1.97. The van der Waals surface area contributed by atoms with Crippen molar-refractivity contribution in [3.63, 3.8) is 0 Å². The number of nitrogens with zero attached hydrogens (tertiary/aromatic N) is 2. The van der Waals surface area contributed by atoms with Crippen LogP contribution >= 0.6 is 11.3 Å². The Bertz CT molecular complexity index is 666. The van der Waals surface area contributed by atoms with Gasteiger partial charge in [-0.05, 0) is 25.1 Å². The number of thiophene rings is 1. The highest BCUT2D eigenvalue weighted by Gasteiger charge is 2.08. The van der Waals surface area contributed by atoms with Crippen LogP contribution < -0.4 is 5.73 Å². The number of fused-ring (bicyclic) bond motifs is 1. The molecular formula is C13H13N3S. The van der Waals surface area contributed by atoms with Gasteiger partial charge in [-0.25, -0.2) is 4.98 Å². The van der Waals surface area contributed by atoms with Gasteiger partial charge in [0.15, 0.2) is 0 Å². The van der Waals surface area contributed by atoms with Gasteiger partial charge in [0.25, 0.3) is 0 Å². The Kier molecular flexibility index (Phi) is 2.46. The lowest BCUT2D eigenvalue weighted by Crippen LogP contribution is -1.99. The van der Waals surface area contributed by atoms with Crippen molar-refractivity contribution in [1.29, 1.82) is 0 Å². The first-order chi connectivity index (χ1) is 8.28. The second-order valence-electron chi connectivity index (χ2n) is 4.00. The Morgan fingerprint density at radius 1 is 1.35 bits per heavy atom. The second-order valence-corrected chi connectivity index (χ2v) is 5.29. The summed E-state index contributed by atoms with van der Waals surface area (Å²) in [5, 5.41) is 0. The zero-order valence-corrected chi connectivity index (χ0v) is 10.4. The van der Waals surface area contributed by atoms with Crippen LogP contribution in [0.1, 0.15) is 10.4 Å². The fourth-order valence-electron chi connectivity index (χ4n) is 1.92. The van der Waals surface area contributed by atoms with Crippen LogP contribution in [0.3, 0.4) is 0 Å². The van der Waals surface area contributed by atoms with Crippen molar-refractivity contribution in [2.24, 2.45) is 5.73 Å². The second kappa shape index (κ2) is 3.98. The summed E-state index contributed by atoms with van der Waals surface area (Å²) in [5.74, 6) is 0. The Balaban J connectivity index is 2.19. The number of hydrogen-bond acceptors (Lipinski definition) is 3. The Labute approximate surface area is 104 Å². The quantitative estimate of drug-likeness (QED) is 0.752. The topological polar surface area (TPSA) is 43.3 Å². The van der Waals surface area contributed by atoms with Crippen molar-refractivity contribution >= 4 is 17.0 Å². The molecule has 0 saturated carbocycles. The first kappa shape index (κ1) is 10.5. The predicted octanol–water partition coefficient (Wildman–Crippen LogP) is 2.83. The monoisotopic (exact) mass is 243 g/mol.